The molecule has 96 valence electrons. The van der Waals surface area contributed by atoms with Crippen molar-refractivity contribution in [3.05, 3.63) is 0 Å². The maximum atomic E-state index is 5.41. The second-order valence-corrected chi connectivity index (χ2v) is 4.94. The molecule has 2 fully saturated rings. The van der Waals surface area contributed by atoms with Crippen LogP contribution in [0.2, 0.25) is 0 Å². The second-order valence-electron chi connectivity index (χ2n) is 4.94. The Morgan fingerprint density at radius 2 is 1.88 bits per heavy atom. The molecular formula is C12H25ClN2O. The van der Waals surface area contributed by atoms with Gasteiger partial charge < -0.3 is 15.0 Å². The van der Waals surface area contributed by atoms with E-state index in [4.69, 9.17) is 4.74 Å². The van der Waals surface area contributed by atoms with E-state index < -0.39 is 0 Å². The quantitative estimate of drug-likeness (QED) is 0.749. The highest BCUT2D eigenvalue weighted by Gasteiger charge is 2.34. The van der Waals surface area contributed by atoms with Crippen molar-refractivity contribution in [1.82, 2.24) is 10.2 Å². The molecule has 2 unspecified atom stereocenters. The van der Waals surface area contributed by atoms with Crippen molar-refractivity contribution >= 4 is 12.4 Å². The first kappa shape index (κ1) is 14.2. The summed E-state index contributed by atoms with van der Waals surface area (Å²) in [6.07, 6.45) is 5.44. The van der Waals surface area contributed by atoms with Gasteiger partial charge in [-0.15, -0.1) is 12.4 Å². The molecule has 2 heterocycles. The highest BCUT2D eigenvalue weighted by molar-refractivity contribution is 5.85. The summed E-state index contributed by atoms with van der Waals surface area (Å²) < 4.78 is 5.41. The number of ether oxygens (including phenoxy) is 1. The molecule has 0 aromatic carbocycles. The van der Waals surface area contributed by atoms with E-state index in [2.05, 4.69) is 24.2 Å². The Morgan fingerprint density at radius 1 is 1.25 bits per heavy atom. The average molecular weight is 249 g/mol. The van der Waals surface area contributed by atoms with E-state index >= 15 is 0 Å². The van der Waals surface area contributed by atoms with Crippen LogP contribution in [0.3, 0.4) is 0 Å². The Labute approximate surface area is 105 Å². The van der Waals surface area contributed by atoms with Gasteiger partial charge in [-0.05, 0) is 39.7 Å². The molecular weight excluding hydrogens is 224 g/mol. The Balaban J connectivity index is 0.00000128. The Morgan fingerprint density at radius 3 is 2.44 bits per heavy atom. The number of hydrogen-bond donors (Lipinski definition) is 1. The number of halogens is 1. The first-order valence-corrected chi connectivity index (χ1v) is 6.33. The number of nitrogens with zero attached hydrogens (tertiary/aromatic N) is 1. The fourth-order valence-corrected chi connectivity index (χ4v) is 2.92. The predicted octanol–water partition coefficient (Wildman–Crippen LogP) is 1.66. The summed E-state index contributed by atoms with van der Waals surface area (Å²) in [5.74, 6) is 0. The molecule has 0 aliphatic carbocycles. The van der Waals surface area contributed by atoms with Crippen LogP contribution in [0.5, 0.6) is 0 Å². The second kappa shape index (κ2) is 6.80. The molecule has 0 spiro atoms. The van der Waals surface area contributed by atoms with Crippen molar-refractivity contribution in [3.8, 4) is 0 Å². The van der Waals surface area contributed by atoms with Gasteiger partial charge in [-0.2, -0.15) is 0 Å². The van der Waals surface area contributed by atoms with Gasteiger partial charge in [0.15, 0.2) is 0 Å². The molecule has 16 heavy (non-hydrogen) atoms. The SMILES string of the molecule is CCOCCN(C)C1CC2CCC(C1)N2.Cl. The van der Waals surface area contributed by atoms with E-state index in [0.29, 0.717) is 0 Å². The number of rotatable bonds is 5. The summed E-state index contributed by atoms with van der Waals surface area (Å²) in [6.45, 7) is 4.86. The van der Waals surface area contributed by atoms with Crippen LogP contribution in [-0.2, 0) is 4.74 Å². The van der Waals surface area contributed by atoms with Crippen LogP contribution >= 0.6 is 12.4 Å². The fraction of sp³-hybridized carbons (Fsp3) is 1.00. The standard InChI is InChI=1S/C12H24N2O.ClH/c1-3-15-7-6-14(2)12-8-10-4-5-11(9-12)13-10;/h10-13H,3-9H2,1-2H3;1H. The minimum Gasteiger partial charge on any atom is -0.380 e. The summed E-state index contributed by atoms with van der Waals surface area (Å²) in [6, 6.07) is 2.37. The largest absolute Gasteiger partial charge is 0.380 e. The Hall–Kier alpha value is 0.170. The summed E-state index contributed by atoms with van der Waals surface area (Å²) in [4.78, 5) is 2.49. The molecule has 0 amide bonds. The third-order valence-corrected chi connectivity index (χ3v) is 3.86. The van der Waals surface area contributed by atoms with E-state index in [-0.39, 0.29) is 12.4 Å². The molecule has 1 N–H and O–H groups in total. The summed E-state index contributed by atoms with van der Waals surface area (Å²) in [5.41, 5.74) is 0. The highest BCUT2D eigenvalue weighted by atomic mass is 35.5. The molecule has 0 aromatic heterocycles. The molecule has 2 atom stereocenters. The lowest BCUT2D eigenvalue weighted by molar-refractivity contribution is 0.0930. The van der Waals surface area contributed by atoms with E-state index in [0.717, 1.165) is 37.9 Å². The fourth-order valence-electron chi connectivity index (χ4n) is 2.92. The van der Waals surface area contributed by atoms with Gasteiger partial charge in [0, 0.05) is 31.3 Å². The Bertz CT molecular complexity index is 191. The van der Waals surface area contributed by atoms with Gasteiger partial charge in [-0.1, -0.05) is 0 Å². The topological polar surface area (TPSA) is 24.5 Å². The number of likely N-dealkylation sites (N-methyl/N-ethyl adjacent to an activating group) is 1. The van der Waals surface area contributed by atoms with Crippen molar-refractivity contribution in [2.45, 2.75) is 50.7 Å². The van der Waals surface area contributed by atoms with E-state index in [1.807, 2.05) is 0 Å². The van der Waals surface area contributed by atoms with Gasteiger partial charge in [-0.3, -0.25) is 0 Å². The minimum atomic E-state index is 0. The van der Waals surface area contributed by atoms with Crippen LogP contribution in [0.1, 0.15) is 32.6 Å². The van der Waals surface area contributed by atoms with Crippen molar-refractivity contribution < 1.29 is 4.74 Å². The van der Waals surface area contributed by atoms with Gasteiger partial charge in [0.25, 0.3) is 0 Å². The van der Waals surface area contributed by atoms with E-state index in [9.17, 15) is 0 Å². The smallest absolute Gasteiger partial charge is 0.0593 e. The van der Waals surface area contributed by atoms with Crippen LogP contribution in [-0.4, -0.2) is 49.8 Å². The van der Waals surface area contributed by atoms with Crippen molar-refractivity contribution in [1.29, 1.82) is 0 Å². The molecule has 3 nitrogen and oxygen atoms in total. The van der Waals surface area contributed by atoms with Crippen LogP contribution in [0.4, 0.5) is 0 Å². The lowest BCUT2D eigenvalue weighted by atomic mass is 9.99. The lowest BCUT2D eigenvalue weighted by Gasteiger charge is -2.35. The van der Waals surface area contributed by atoms with Crippen LogP contribution in [0.15, 0.2) is 0 Å². The van der Waals surface area contributed by atoms with Crippen LogP contribution < -0.4 is 5.32 Å². The molecule has 0 aromatic rings. The first-order valence-electron chi connectivity index (χ1n) is 6.33. The maximum absolute atomic E-state index is 5.41. The van der Waals surface area contributed by atoms with E-state index in [1.54, 1.807) is 0 Å². The molecule has 2 rings (SSSR count). The molecule has 0 radical (unpaired) electrons. The van der Waals surface area contributed by atoms with E-state index in [1.165, 1.54) is 25.7 Å². The zero-order chi connectivity index (χ0) is 10.7. The van der Waals surface area contributed by atoms with Gasteiger partial charge in [0.2, 0.25) is 0 Å². The van der Waals surface area contributed by atoms with Crippen LogP contribution in [0, 0.1) is 0 Å². The summed E-state index contributed by atoms with van der Waals surface area (Å²) >= 11 is 0. The molecule has 2 aliphatic rings. The predicted molar refractivity (Wildman–Crippen MR) is 69.3 cm³/mol. The molecule has 4 heteroatoms. The average Bonchev–Trinajstić information content (AvgIpc) is 2.58. The maximum Gasteiger partial charge on any atom is 0.0593 e. The zero-order valence-electron chi connectivity index (χ0n) is 10.4. The van der Waals surface area contributed by atoms with Gasteiger partial charge >= 0.3 is 0 Å². The zero-order valence-corrected chi connectivity index (χ0v) is 11.3. The van der Waals surface area contributed by atoms with Crippen molar-refractivity contribution in [2.75, 3.05) is 26.8 Å². The third kappa shape index (κ3) is 3.59. The van der Waals surface area contributed by atoms with Crippen molar-refractivity contribution in [2.24, 2.45) is 0 Å². The van der Waals surface area contributed by atoms with Crippen molar-refractivity contribution in [3.63, 3.8) is 0 Å². The first-order chi connectivity index (χ1) is 7.29. The molecule has 2 bridgehead atoms. The normalized spacial score (nSPS) is 32.8. The van der Waals surface area contributed by atoms with Gasteiger partial charge in [0.05, 0.1) is 6.61 Å². The lowest BCUT2D eigenvalue weighted by Crippen LogP contribution is -2.47. The summed E-state index contributed by atoms with van der Waals surface area (Å²) in [5, 5.41) is 3.68. The number of fused-ring (bicyclic) bond motifs is 2. The van der Waals surface area contributed by atoms with Crippen LogP contribution in [0.25, 0.3) is 0 Å². The number of nitrogens with one attached hydrogen (secondary N) is 1. The molecule has 2 aliphatic heterocycles. The Kier molecular flexibility index (Phi) is 6.05. The third-order valence-electron chi connectivity index (χ3n) is 3.86. The molecule has 0 saturated carbocycles. The highest BCUT2D eigenvalue weighted by Crippen LogP contribution is 2.28. The minimum absolute atomic E-state index is 0. The monoisotopic (exact) mass is 248 g/mol. The number of piperidine rings is 1. The molecule has 2 saturated heterocycles. The summed E-state index contributed by atoms with van der Waals surface area (Å²) in [7, 11) is 2.24. The number of hydrogen-bond acceptors (Lipinski definition) is 3. The van der Waals surface area contributed by atoms with Gasteiger partial charge in [-0.25, -0.2) is 0 Å². The van der Waals surface area contributed by atoms with Gasteiger partial charge in [0.1, 0.15) is 0 Å².